The Balaban J connectivity index is 1.40. The van der Waals surface area contributed by atoms with Crippen LogP contribution in [0.15, 0.2) is 65.3 Å². The fourth-order valence-electron chi connectivity index (χ4n) is 2.39. The van der Waals surface area contributed by atoms with Crippen molar-refractivity contribution in [2.75, 3.05) is 0 Å². The van der Waals surface area contributed by atoms with Gasteiger partial charge in [0.05, 0.1) is 5.69 Å². The van der Waals surface area contributed by atoms with Crippen molar-refractivity contribution in [3.8, 4) is 5.69 Å². The van der Waals surface area contributed by atoms with Crippen LogP contribution in [0.2, 0.25) is 0 Å². The van der Waals surface area contributed by atoms with Crippen molar-refractivity contribution < 1.29 is 14.0 Å². The Morgan fingerprint density at radius 2 is 1.73 bits per heavy atom. The smallest absolute Gasteiger partial charge is 0.305 e. The Morgan fingerprint density at radius 1 is 0.962 bits per heavy atom. The molecule has 0 unspecified atom stereocenters. The normalized spacial score (nSPS) is 10.6. The van der Waals surface area contributed by atoms with Crippen LogP contribution in [0.1, 0.15) is 20.9 Å². The molecule has 4 rings (SSSR count). The van der Waals surface area contributed by atoms with E-state index in [-0.39, 0.29) is 5.76 Å². The number of hydrazine groups is 1. The maximum Gasteiger partial charge on any atom is 0.305 e. The SMILES string of the molecule is O=C(NNC(=O)c1cc2ccccc2o1)c1ccc(-n2cnnn2)cc1. The van der Waals surface area contributed by atoms with Gasteiger partial charge in [-0.1, -0.05) is 18.2 Å². The molecule has 2 N–H and O–H groups in total. The maximum atomic E-state index is 12.1. The summed E-state index contributed by atoms with van der Waals surface area (Å²) in [5.41, 5.74) is 6.35. The average molecular weight is 348 g/mol. The van der Waals surface area contributed by atoms with E-state index in [1.54, 1.807) is 36.4 Å². The fraction of sp³-hybridized carbons (Fsp3) is 0. The highest BCUT2D eigenvalue weighted by molar-refractivity contribution is 5.99. The number of aromatic nitrogens is 4. The first-order chi connectivity index (χ1) is 12.7. The van der Waals surface area contributed by atoms with Crippen LogP contribution in [0.4, 0.5) is 0 Å². The third-order valence-corrected chi connectivity index (χ3v) is 3.68. The second-order valence-electron chi connectivity index (χ2n) is 5.36. The molecule has 26 heavy (non-hydrogen) atoms. The number of hydrogen-bond acceptors (Lipinski definition) is 6. The minimum absolute atomic E-state index is 0.112. The molecule has 0 bridgehead atoms. The van der Waals surface area contributed by atoms with E-state index >= 15 is 0 Å². The Hall–Kier alpha value is -4.01. The molecule has 0 fully saturated rings. The minimum atomic E-state index is -0.542. The molecule has 128 valence electrons. The third-order valence-electron chi connectivity index (χ3n) is 3.68. The monoisotopic (exact) mass is 348 g/mol. The molecule has 2 heterocycles. The number of amides is 2. The quantitative estimate of drug-likeness (QED) is 0.542. The van der Waals surface area contributed by atoms with Crippen molar-refractivity contribution in [2.45, 2.75) is 0 Å². The first-order valence-electron chi connectivity index (χ1n) is 7.63. The lowest BCUT2D eigenvalue weighted by atomic mass is 10.2. The molecular weight excluding hydrogens is 336 g/mol. The van der Waals surface area contributed by atoms with E-state index in [9.17, 15) is 9.59 Å². The summed E-state index contributed by atoms with van der Waals surface area (Å²) in [6, 6.07) is 15.4. The van der Waals surface area contributed by atoms with Crippen LogP contribution in [0.5, 0.6) is 0 Å². The van der Waals surface area contributed by atoms with Crippen molar-refractivity contribution in [3.05, 3.63) is 72.2 Å². The summed E-state index contributed by atoms with van der Waals surface area (Å²) in [5, 5.41) is 11.7. The summed E-state index contributed by atoms with van der Waals surface area (Å²) in [6.07, 6.45) is 1.45. The Morgan fingerprint density at radius 3 is 2.46 bits per heavy atom. The lowest BCUT2D eigenvalue weighted by molar-refractivity contribution is 0.0832. The van der Waals surface area contributed by atoms with Gasteiger partial charge in [-0.25, -0.2) is 4.68 Å². The van der Waals surface area contributed by atoms with Gasteiger partial charge in [-0.05, 0) is 46.8 Å². The predicted molar refractivity (Wildman–Crippen MR) is 90.3 cm³/mol. The molecule has 0 atom stereocenters. The van der Waals surface area contributed by atoms with E-state index in [2.05, 4.69) is 26.4 Å². The largest absolute Gasteiger partial charge is 0.451 e. The summed E-state index contributed by atoms with van der Waals surface area (Å²) < 4.78 is 6.90. The zero-order valence-electron chi connectivity index (χ0n) is 13.3. The molecule has 9 heteroatoms. The number of rotatable bonds is 3. The summed E-state index contributed by atoms with van der Waals surface area (Å²) in [5.74, 6) is -0.891. The van der Waals surface area contributed by atoms with Crippen LogP contribution >= 0.6 is 0 Å². The Labute approximate surface area is 146 Å². The first kappa shape index (κ1) is 15.5. The molecule has 2 amide bonds. The molecule has 0 aliphatic carbocycles. The van der Waals surface area contributed by atoms with E-state index < -0.39 is 11.8 Å². The topological polar surface area (TPSA) is 115 Å². The zero-order valence-corrected chi connectivity index (χ0v) is 13.3. The van der Waals surface area contributed by atoms with Gasteiger partial charge < -0.3 is 4.42 Å². The fourth-order valence-corrected chi connectivity index (χ4v) is 2.39. The Bertz CT molecular complexity index is 1040. The van der Waals surface area contributed by atoms with Gasteiger partial charge in [0, 0.05) is 10.9 Å². The van der Waals surface area contributed by atoms with Crippen LogP contribution in [0, 0.1) is 0 Å². The van der Waals surface area contributed by atoms with Crippen molar-refractivity contribution in [1.29, 1.82) is 0 Å². The molecule has 4 aromatic rings. The number of nitrogens with one attached hydrogen (secondary N) is 2. The summed E-state index contributed by atoms with van der Waals surface area (Å²) in [7, 11) is 0. The highest BCUT2D eigenvalue weighted by atomic mass is 16.3. The van der Waals surface area contributed by atoms with Gasteiger partial charge in [-0.2, -0.15) is 0 Å². The number of hydrogen-bond donors (Lipinski definition) is 2. The van der Waals surface area contributed by atoms with Gasteiger partial charge in [0.25, 0.3) is 5.91 Å². The number of benzene rings is 2. The van der Waals surface area contributed by atoms with E-state index in [1.807, 2.05) is 18.2 Å². The number of carbonyl (C=O) groups excluding carboxylic acids is 2. The molecule has 0 aliphatic heterocycles. The highest BCUT2D eigenvalue weighted by Crippen LogP contribution is 2.18. The van der Waals surface area contributed by atoms with Crippen LogP contribution in [0.25, 0.3) is 16.7 Å². The first-order valence-corrected chi connectivity index (χ1v) is 7.63. The Kier molecular flexibility index (Phi) is 3.86. The van der Waals surface area contributed by atoms with E-state index in [0.29, 0.717) is 16.8 Å². The van der Waals surface area contributed by atoms with E-state index in [0.717, 1.165) is 5.39 Å². The maximum absolute atomic E-state index is 12.1. The second kappa shape index (κ2) is 6.48. The van der Waals surface area contributed by atoms with Gasteiger partial charge in [0.15, 0.2) is 5.76 Å². The molecule has 0 spiro atoms. The number of fused-ring (bicyclic) bond motifs is 1. The minimum Gasteiger partial charge on any atom is -0.451 e. The average Bonchev–Trinajstić information content (AvgIpc) is 3.35. The summed E-state index contributed by atoms with van der Waals surface area (Å²) >= 11 is 0. The van der Waals surface area contributed by atoms with Crippen LogP contribution in [-0.4, -0.2) is 32.0 Å². The predicted octanol–water partition coefficient (Wildman–Crippen LogP) is 1.48. The van der Waals surface area contributed by atoms with Crippen LogP contribution < -0.4 is 10.9 Å². The van der Waals surface area contributed by atoms with Crippen molar-refractivity contribution in [2.24, 2.45) is 0 Å². The molecule has 9 nitrogen and oxygen atoms in total. The number of carbonyl (C=O) groups is 2. The molecule has 0 saturated heterocycles. The van der Waals surface area contributed by atoms with Crippen molar-refractivity contribution in [1.82, 2.24) is 31.1 Å². The molecule has 2 aromatic heterocycles. The van der Waals surface area contributed by atoms with Crippen molar-refractivity contribution in [3.63, 3.8) is 0 Å². The molecule has 0 saturated carbocycles. The van der Waals surface area contributed by atoms with Gasteiger partial charge in [0.1, 0.15) is 11.9 Å². The third kappa shape index (κ3) is 3.00. The highest BCUT2D eigenvalue weighted by Gasteiger charge is 2.13. The van der Waals surface area contributed by atoms with Gasteiger partial charge in [-0.15, -0.1) is 5.10 Å². The summed E-state index contributed by atoms with van der Waals surface area (Å²) in [4.78, 5) is 24.3. The molecule has 2 aromatic carbocycles. The van der Waals surface area contributed by atoms with Gasteiger partial charge >= 0.3 is 5.91 Å². The second-order valence-corrected chi connectivity index (χ2v) is 5.36. The van der Waals surface area contributed by atoms with Gasteiger partial charge in [0.2, 0.25) is 0 Å². The lowest BCUT2D eigenvalue weighted by Gasteiger charge is -2.06. The number of furan rings is 1. The van der Waals surface area contributed by atoms with Crippen LogP contribution in [0.3, 0.4) is 0 Å². The van der Waals surface area contributed by atoms with E-state index in [1.165, 1.54) is 11.0 Å². The summed E-state index contributed by atoms with van der Waals surface area (Å²) in [6.45, 7) is 0. The zero-order chi connectivity index (χ0) is 17.9. The van der Waals surface area contributed by atoms with E-state index in [4.69, 9.17) is 4.42 Å². The standard InChI is InChI=1S/C17H12N6O3/c24-16(11-5-7-13(8-6-11)23-10-18-21-22-23)19-20-17(25)15-9-12-3-1-2-4-14(12)26-15/h1-10H,(H,19,24)(H,20,25). The van der Waals surface area contributed by atoms with Crippen LogP contribution in [-0.2, 0) is 0 Å². The number of tetrazole rings is 1. The molecule has 0 aliphatic rings. The molecular formula is C17H12N6O3. The lowest BCUT2D eigenvalue weighted by Crippen LogP contribution is -2.41. The number of para-hydroxylation sites is 1. The molecule has 0 radical (unpaired) electrons. The number of nitrogens with zero attached hydrogens (tertiary/aromatic N) is 4. The van der Waals surface area contributed by atoms with Crippen molar-refractivity contribution >= 4 is 22.8 Å². The van der Waals surface area contributed by atoms with Gasteiger partial charge in [-0.3, -0.25) is 20.4 Å².